The number of ether oxygens (including phenoxy) is 3. The van der Waals surface area contributed by atoms with Crippen LogP contribution in [0.4, 0.5) is 0 Å². The zero-order chi connectivity index (χ0) is 19.8. The molecule has 1 aromatic carbocycles. The molecule has 154 valence electrons. The van der Waals surface area contributed by atoms with Crippen LogP contribution in [0.1, 0.15) is 31.9 Å². The van der Waals surface area contributed by atoms with Gasteiger partial charge in [0.2, 0.25) is 0 Å². The van der Waals surface area contributed by atoms with E-state index in [4.69, 9.17) is 14.2 Å². The molecule has 0 amide bonds. The number of para-hydroxylation sites is 2. The van der Waals surface area contributed by atoms with E-state index in [1.807, 2.05) is 37.3 Å². The number of benzene rings is 1. The first kappa shape index (κ1) is 21.9. The van der Waals surface area contributed by atoms with Gasteiger partial charge in [-0.05, 0) is 31.5 Å². The van der Waals surface area contributed by atoms with Gasteiger partial charge < -0.3 is 20.6 Å². The maximum Gasteiger partial charge on any atom is 1.00 e. The topological polar surface area (TPSA) is 86.3 Å². The summed E-state index contributed by atoms with van der Waals surface area (Å²) >= 11 is 0. The molecular weight excluding hydrogens is 413 g/mol. The van der Waals surface area contributed by atoms with Crippen molar-refractivity contribution in [3.05, 3.63) is 47.8 Å². The molecule has 1 N–H and O–H groups in total. The molecule has 3 aromatic rings. The molecule has 0 radical (unpaired) electrons. The molecule has 5 rings (SSSR count). The number of aromatic amines is 1. The predicted molar refractivity (Wildman–Crippen MR) is 109 cm³/mol. The van der Waals surface area contributed by atoms with Gasteiger partial charge in [-0.15, -0.1) is 0 Å². The number of nitrogens with zero attached hydrogens (tertiary/aromatic N) is 2. The van der Waals surface area contributed by atoms with Crippen LogP contribution in [-0.2, 0) is 26.0 Å². The van der Waals surface area contributed by atoms with Crippen LogP contribution in [0.25, 0.3) is 11.0 Å². The third-order valence-corrected chi connectivity index (χ3v) is 6.74. The van der Waals surface area contributed by atoms with Crippen LogP contribution < -0.4 is 34.3 Å². The zero-order valence-corrected chi connectivity index (χ0v) is 20.0. The maximum atomic E-state index is 12.8. The van der Waals surface area contributed by atoms with Crippen LogP contribution in [-0.4, -0.2) is 44.3 Å². The number of hydrogen-bond acceptors (Lipinski definition) is 6. The van der Waals surface area contributed by atoms with Crippen LogP contribution in [0.15, 0.2) is 41.7 Å². The van der Waals surface area contributed by atoms with Crippen LogP contribution in [0.2, 0.25) is 0 Å². The van der Waals surface area contributed by atoms with Gasteiger partial charge in [0.05, 0.1) is 46.5 Å². The summed E-state index contributed by atoms with van der Waals surface area (Å²) in [6.45, 7) is 2.97. The number of pyridine rings is 1. The second kappa shape index (κ2) is 9.06. The molecular formula is C21H24N3NaO4S. The number of aromatic nitrogens is 3. The third-order valence-electron chi connectivity index (χ3n) is 5.58. The molecule has 1 unspecified atom stereocenters. The Morgan fingerprint density at radius 2 is 2.03 bits per heavy atom. The van der Waals surface area contributed by atoms with Crippen molar-refractivity contribution in [3.8, 4) is 5.75 Å². The molecule has 0 bridgehead atoms. The van der Waals surface area contributed by atoms with E-state index in [-0.39, 0.29) is 48.6 Å². The molecule has 1 saturated carbocycles. The van der Waals surface area contributed by atoms with Crippen molar-refractivity contribution < 1.29 is 49.4 Å². The van der Waals surface area contributed by atoms with E-state index in [0.717, 1.165) is 47.3 Å². The van der Waals surface area contributed by atoms with Crippen molar-refractivity contribution in [1.29, 1.82) is 0 Å². The van der Waals surface area contributed by atoms with E-state index in [9.17, 15) is 4.21 Å². The predicted octanol–water partition coefficient (Wildman–Crippen LogP) is 0.365. The number of imidazole rings is 1. The SMILES string of the molecule is Cc1c(OC2COC3(CCC3)OC2)ccnc1CS(=O)c1nc2ccccc2[nH]1.[H-].[Na+]. The van der Waals surface area contributed by atoms with E-state index >= 15 is 0 Å². The molecule has 3 heterocycles. The Labute approximate surface area is 201 Å². The fraction of sp³-hybridized carbons (Fsp3) is 0.429. The summed E-state index contributed by atoms with van der Waals surface area (Å²) in [4.78, 5) is 12.0. The molecule has 1 spiro atoms. The first-order valence-electron chi connectivity index (χ1n) is 9.84. The van der Waals surface area contributed by atoms with Crippen LogP contribution in [0.3, 0.4) is 0 Å². The van der Waals surface area contributed by atoms with Crippen LogP contribution in [0.5, 0.6) is 5.75 Å². The number of hydrogen-bond donors (Lipinski definition) is 1. The largest absolute Gasteiger partial charge is 1.00 e. The average Bonchev–Trinajstić information content (AvgIpc) is 3.15. The summed E-state index contributed by atoms with van der Waals surface area (Å²) < 4.78 is 30.7. The second-order valence-corrected chi connectivity index (χ2v) is 8.92. The van der Waals surface area contributed by atoms with E-state index in [0.29, 0.717) is 18.4 Å². The van der Waals surface area contributed by atoms with E-state index < -0.39 is 10.8 Å². The Bertz CT molecular complexity index is 1030. The molecule has 30 heavy (non-hydrogen) atoms. The number of H-pyrrole nitrogens is 1. The zero-order valence-electron chi connectivity index (χ0n) is 18.2. The first-order chi connectivity index (χ1) is 14.1. The Morgan fingerprint density at radius 3 is 2.73 bits per heavy atom. The Kier molecular flexibility index (Phi) is 6.62. The fourth-order valence-electron chi connectivity index (χ4n) is 3.64. The summed E-state index contributed by atoms with van der Waals surface area (Å²) in [5, 5.41) is 0.457. The molecule has 1 saturated heterocycles. The fourth-order valence-corrected chi connectivity index (χ4v) is 4.74. The van der Waals surface area contributed by atoms with Gasteiger partial charge in [-0.25, -0.2) is 4.98 Å². The van der Waals surface area contributed by atoms with Gasteiger partial charge in [0.1, 0.15) is 11.9 Å². The van der Waals surface area contributed by atoms with Gasteiger partial charge in [-0.3, -0.25) is 9.19 Å². The summed E-state index contributed by atoms with van der Waals surface area (Å²) in [6, 6.07) is 9.48. The average molecular weight is 437 g/mol. The van der Waals surface area contributed by atoms with Gasteiger partial charge in [0, 0.05) is 24.6 Å². The summed E-state index contributed by atoms with van der Waals surface area (Å²) in [7, 11) is -1.33. The minimum absolute atomic E-state index is 0. The Morgan fingerprint density at radius 1 is 1.27 bits per heavy atom. The molecule has 1 aliphatic carbocycles. The monoisotopic (exact) mass is 437 g/mol. The van der Waals surface area contributed by atoms with Crippen molar-refractivity contribution in [3.63, 3.8) is 0 Å². The van der Waals surface area contributed by atoms with Crippen molar-refractivity contribution in [2.75, 3.05) is 13.2 Å². The minimum Gasteiger partial charge on any atom is -1.00 e. The first-order valence-corrected chi connectivity index (χ1v) is 11.2. The van der Waals surface area contributed by atoms with Crippen LogP contribution in [0, 0.1) is 6.92 Å². The maximum absolute atomic E-state index is 12.8. The normalized spacial score (nSPS) is 19.2. The van der Waals surface area contributed by atoms with E-state index in [1.165, 1.54) is 0 Å². The molecule has 2 aliphatic rings. The molecule has 2 fully saturated rings. The van der Waals surface area contributed by atoms with Gasteiger partial charge in [0.25, 0.3) is 0 Å². The Hall–Kier alpha value is -1.29. The van der Waals surface area contributed by atoms with Gasteiger partial charge in [0.15, 0.2) is 10.9 Å². The standard InChI is InChI=1S/C21H23N3O4S.Na.H/c1-14-18(13-29(25)20-23-16-5-2-3-6-17(16)24-20)22-10-7-19(14)28-15-11-26-21(27-12-15)8-4-9-21;;/h2-3,5-7,10,15H,4,8-9,11-13H2,1H3,(H,23,24);;/q;+1;-1. The smallest absolute Gasteiger partial charge is 1.00 e. The molecule has 7 nitrogen and oxygen atoms in total. The molecule has 1 atom stereocenters. The molecule has 9 heteroatoms. The van der Waals surface area contributed by atoms with Gasteiger partial charge in [-0.1, -0.05) is 12.1 Å². The number of fused-ring (bicyclic) bond motifs is 1. The number of rotatable bonds is 5. The molecule has 2 aromatic heterocycles. The molecule has 1 aliphatic heterocycles. The number of nitrogens with one attached hydrogen (secondary N) is 1. The van der Waals surface area contributed by atoms with E-state index in [1.54, 1.807) is 6.20 Å². The quantitative estimate of drug-likeness (QED) is 0.581. The summed E-state index contributed by atoms with van der Waals surface area (Å²) in [5.41, 5.74) is 3.29. The summed E-state index contributed by atoms with van der Waals surface area (Å²) in [6.07, 6.45) is 4.61. The Balaban J connectivity index is 0.00000136. The van der Waals surface area contributed by atoms with Crippen molar-refractivity contribution in [2.45, 2.75) is 49.0 Å². The van der Waals surface area contributed by atoms with Gasteiger partial charge in [-0.2, -0.15) is 0 Å². The van der Waals surface area contributed by atoms with Crippen molar-refractivity contribution >= 4 is 21.8 Å². The van der Waals surface area contributed by atoms with Gasteiger partial charge >= 0.3 is 29.6 Å². The van der Waals surface area contributed by atoms with Crippen molar-refractivity contribution in [1.82, 2.24) is 15.0 Å². The summed E-state index contributed by atoms with van der Waals surface area (Å²) in [5.74, 6) is 0.629. The van der Waals surface area contributed by atoms with Crippen LogP contribution >= 0.6 is 0 Å². The second-order valence-electron chi connectivity index (χ2n) is 7.56. The van der Waals surface area contributed by atoms with Crippen molar-refractivity contribution in [2.24, 2.45) is 0 Å². The minimum atomic E-state index is -1.33. The van der Waals surface area contributed by atoms with E-state index in [2.05, 4.69) is 15.0 Å². The third kappa shape index (κ3) is 4.35.